The average Bonchev–Trinajstić information content (AvgIpc) is 2.31. The molecule has 0 atom stereocenters. The Morgan fingerprint density at radius 3 is 2.50 bits per heavy atom. The van der Waals surface area contributed by atoms with Gasteiger partial charge < -0.3 is 15.6 Å². The van der Waals surface area contributed by atoms with E-state index in [1.165, 1.54) is 7.11 Å². The molecule has 5 heteroatoms. The molecule has 0 unspecified atom stereocenters. The lowest BCUT2D eigenvalue weighted by atomic mass is 10.1. The standard InChI is InChI=1S/C11H11N3O2/c1-16-10-4-7(2-3-9(10)15)8-5-13-11(12)14-6-8/h2-6,15H,1H3,(H2,12,13,14). The zero-order valence-corrected chi connectivity index (χ0v) is 8.71. The van der Waals surface area contributed by atoms with Gasteiger partial charge in [0.25, 0.3) is 0 Å². The molecule has 16 heavy (non-hydrogen) atoms. The van der Waals surface area contributed by atoms with E-state index in [1.54, 1.807) is 30.6 Å². The Morgan fingerprint density at radius 2 is 1.88 bits per heavy atom. The fraction of sp³-hybridized carbons (Fsp3) is 0.0909. The molecule has 0 aliphatic heterocycles. The summed E-state index contributed by atoms with van der Waals surface area (Å²) in [7, 11) is 1.50. The van der Waals surface area contributed by atoms with Crippen molar-refractivity contribution in [2.45, 2.75) is 0 Å². The number of phenols is 1. The van der Waals surface area contributed by atoms with Crippen LogP contribution in [-0.2, 0) is 0 Å². The molecule has 0 aliphatic carbocycles. The van der Waals surface area contributed by atoms with Crippen LogP contribution in [-0.4, -0.2) is 22.2 Å². The fourth-order valence-corrected chi connectivity index (χ4v) is 1.34. The zero-order valence-electron chi connectivity index (χ0n) is 8.71. The molecule has 0 spiro atoms. The third-order valence-electron chi connectivity index (χ3n) is 2.18. The number of nitrogens with zero attached hydrogens (tertiary/aromatic N) is 2. The predicted octanol–water partition coefficient (Wildman–Crippen LogP) is 1.44. The van der Waals surface area contributed by atoms with Crippen LogP contribution in [0.3, 0.4) is 0 Å². The van der Waals surface area contributed by atoms with Crippen LogP contribution in [0.25, 0.3) is 11.1 Å². The number of anilines is 1. The second-order valence-corrected chi connectivity index (χ2v) is 3.22. The Bertz CT molecular complexity index is 497. The minimum atomic E-state index is 0.0996. The highest BCUT2D eigenvalue weighted by Crippen LogP contribution is 2.30. The summed E-state index contributed by atoms with van der Waals surface area (Å²) in [5, 5.41) is 9.45. The van der Waals surface area contributed by atoms with Gasteiger partial charge in [-0.3, -0.25) is 0 Å². The number of ether oxygens (including phenoxy) is 1. The average molecular weight is 217 g/mol. The second-order valence-electron chi connectivity index (χ2n) is 3.22. The number of hydrogen-bond acceptors (Lipinski definition) is 5. The summed E-state index contributed by atoms with van der Waals surface area (Å²) in [5.74, 6) is 0.742. The van der Waals surface area contributed by atoms with Crippen molar-refractivity contribution in [2.75, 3.05) is 12.8 Å². The van der Waals surface area contributed by atoms with Gasteiger partial charge in [0, 0.05) is 18.0 Å². The summed E-state index contributed by atoms with van der Waals surface area (Å²) in [6.45, 7) is 0. The Labute approximate surface area is 92.5 Å². The molecular formula is C11H11N3O2. The normalized spacial score (nSPS) is 10.1. The van der Waals surface area contributed by atoms with E-state index in [0.717, 1.165) is 11.1 Å². The number of hydrogen-bond donors (Lipinski definition) is 2. The minimum absolute atomic E-state index is 0.0996. The van der Waals surface area contributed by atoms with E-state index >= 15 is 0 Å². The number of nitrogen functional groups attached to an aromatic ring is 1. The molecule has 2 rings (SSSR count). The second kappa shape index (κ2) is 4.06. The topological polar surface area (TPSA) is 81.3 Å². The van der Waals surface area contributed by atoms with Crippen molar-refractivity contribution in [1.29, 1.82) is 0 Å². The van der Waals surface area contributed by atoms with Crippen LogP contribution in [0.4, 0.5) is 5.95 Å². The zero-order chi connectivity index (χ0) is 11.5. The van der Waals surface area contributed by atoms with Crippen LogP contribution in [0.15, 0.2) is 30.6 Å². The fourth-order valence-electron chi connectivity index (χ4n) is 1.34. The number of phenolic OH excluding ortho intramolecular Hbond substituents is 1. The van der Waals surface area contributed by atoms with Crippen molar-refractivity contribution >= 4 is 5.95 Å². The smallest absolute Gasteiger partial charge is 0.219 e. The third-order valence-corrected chi connectivity index (χ3v) is 2.18. The van der Waals surface area contributed by atoms with Crippen molar-refractivity contribution in [3.05, 3.63) is 30.6 Å². The van der Waals surface area contributed by atoms with E-state index in [4.69, 9.17) is 10.5 Å². The molecule has 0 fully saturated rings. The van der Waals surface area contributed by atoms with Gasteiger partial charge in [-0.25, -0.2) is 9.97 Å². The van der Waals surface area contributed by atoms with Crippen LogP contribution in [0.1, 0.15) is 0 Å². The minimum Gasteiger partial charge on any atom is -0.504 e. The molecule has 2 aromatic rings. The van der Waals surface area contributed by atoms with E-state index in [1.807, 2.05) is 0 Å². The highest BCUT2D eigenvalue weighted by molar-refractivity contribution is 5.65. The lowest BCUT2D eigenvalue weighted by molar-refractivity contribution is 0.373. The molecule has 0 aliphatic rings. The summed E-state index contributed by atoms with van der Waals surface area (Å²) in [6, 6.07) is 5.03. The van der Waals surface area contributed by atoms with Crippen molar-refractivity contribution in [2.24, 2.45) is 0 Å². The molecule has 0 amide bonds. The van der Waals surface area contributed by atoms with Crippen molar-refractivity contribution in [1.82, 2.24) is 9.97 Å². The Hall–Kier alpha value is -2.30. The number of nitrogens with two attached hydrogens (primary N) is 1. The molecule has 5 nitrogen and oxygen atoms in total. The number of methoxy groups -OCH3 is 1. The van der Waals surface area contributed by atoms with Gasteiger partial charge >= 0.3 is 0 Å². The molecule has 0 radical (unpaired) electrons. The summed E-state index contributed by atoms with van der Waals surface area (Å²) < 4.78 is 5.02. The van der Waals surface area contributed by atoms with E-state index in [9.17, 15) is 5.11 Å². The Balaban J connectivity index is 2.44. The summed E-state index contributed by atoms with van der Waals surface area (Å²) in [6.07, 6.45) is 3.24. The summed E-state index contributed by atoms with van der Waals surface area (Å²) in [5.41, 5.74) is 7.07. The molecule has 82 valence electrons. The van der Waals surface area contributed by atoms with Crippen LogP contribution < -0.4 is 10.5 Å². The molecule has 1 heterocycles. The first-order valence-electron chi connectivity index (χ1n) is 4.65. The monoisotopic (exact) mass is 217 g/mol. The maximum atomic E-state index is 9.45. The van der Waals surface area contributed by atoms with E-state index < -0.39 is 0 Å². The van der Waals surface area contributed by atoms with Crippen molar-refractivity contribution in [3.8, 4) is 22.6 Å². The van der Waals surface area contributed by atoms with Crippen LogP contribution in [0.2, 0.25) is 0 Å². The van der Waals surface area contributed by atoms with Crippen LogP contribution in [0, 0.1) is 0 Å². The number of aromatic nitrogens is 2. The largest absolute Gasteiger partial charge is 0.504 e. The van der Waals surface area contributed by atoms with Gasteiger partial charge in [0.2, 0.25) is 5.95 Å². The molecule has 1 aromatic heterocycles. The molecule has 0 saturated carbocycles. The first-order chi connectivity index (χ1) is 7.70. The SMILES string of the molecule is COc1cc(-c2cnc(N)nc2)ccc1O. The van der Waals surface area contributed by atoms with Gasteiger partial charge in [-0.05, 0) is 17.7 Å². The Morgan fingerprint density at radius 1 is 1.19 bits per heavy atom. The maximum absolute atomic E-state index is 9.45. The van der Waals surface area contributed by atoms with Crippen molar-refractivity contribution < 1.29 is 9.84 Å². The molecule has 0 bridgehead atoms. The lowest BCUT2D eigenvalue weighted by Crippen LogP contribution is -1.93. The summed E-state index contributed by atoms with van der Waals surface area (Å²) >= 11 is 0. The number of rotatable bonds is 2. The van der Waals surface area contributed by atoms with Gasteiger partial charge in [-0.1, -0.05) is 6.07 Å². The van der Waals surface area contributed by atoms with Gasteiger partial charge in [0.15, 0.2) is 11.5 Å². The van der Waals surface area contributed by atoms with Crippen LogP contribution in [0.5, 0.6) is 11.5 Å². The van der Waals surface area contributed by atoms with E-state index in [2.05, 4.69) is 9.97 Å². The van der Waals surface area contributed by atoms with Gasteiger partial charge in [-0.2, -0.15) is 0 Å². The van der Waals surface area contributed by atoms with Crippen molar-refractivity contribution in [3.63, 3.8) is 0 Å². The molecule has 0 saturated heterocycles. The third kappa shape index (κ3) is 1.88. The number of aromatic hydroxyl groups is 1. The highest BCUT2D eigenvalue weighted by atomic mass is 16.5. The molecular weight excluding hydrogens is 206 g/mol. The molecule has 3 N–H and O–H groups in total. The predicted molar refractivity (Wildman–Crippen MR) is 60.1 cm³/mol. The first kappa shape index (κ1) is 10.2. The highest BCUT2D eigenvalue weighted by Gasteiger charge is 2.05. The lowest BCUT2D eigenvalue weighted by Gasteiger charge is -2.06. The van der Waals surface area contributed by atoms with E-state index in [-0.39, 0.29) is 11.7 Å². The van der Waals surface area contributed by atoms with E-state index in [0.29, 0.717) is 5.75 Å². The summed E-state index contributed by atoms with van der Waals surface area (Å²) in [4.78, 5) is 7.79. The quantitative estimate of drug-likeness (QED) is 0.795. The first-order valence-corrected chi connectivity index (χ1v) is 4.65. The maximum Gasteiger partial charge on any atom is 0.219 e. The number of benzene rings is 1. The van der Waals surface area contributed by atoms with Gasteiger partial charge in [0.05, 0.1) is 7.11 Å². The van der Waals surface area contributed by atoms with Gasteiger partial charge in [0.1, 0.15) is 0 Å². The van der Waals surface area contributed by atoms with Gasteiger partial charge in [-0.15, -0.1) is 0 Å². The van der Waals surface area contributed by atoms with Crippen LogP contribution >= 0.6 is 0 Å². The Kier molecular flexibility index (Phi) is 2.59. The molecule has 1 aromatic carbocycles.